The van der Waals surface area contributed by atoms with E-state index in [0.29, 0.717) is 18.4 Å². The molecule has 2 aromatic carbocycles. The summed E-state index contributed by atoms with van der Waals surface area (Å²) in [5.74, 6) is 0.967. The molecule has 138 valence electrons. The van der Waals surface area contributed by atoms with Gasteiger partial charge in [-0.2, -0.15) is 0 Å². The van der Waals surface area contributed by atoms with Crippen LogP contribution in [0, 0.1) is 5.92 Å². The molecule has 1 aliphatic heterocycles. The zero-order chi connectivity index (χ0) is 17.4. The van der Waals surface area contributed by atoms with E-state index < -0.39 is 0 Å². The third-order valence-corrected chi connectivity index (χ3v) is 6.34. The highest BCUT2D eigenvalue weighted by molar-refractivity contribution is 9.10. The molecule has 3 nitrogen and oxygen atoms in total. The van der Waals surface area contributed by atoms with Crippen molar-refractivity contribution in [2.24, 2.45) is 11.7 Å². The van der Waals surface area contributed by atoms with Gasteiger partial charge in [0.1, 0.15) is 0 Å². The second kappa shape index (κ2) is 7.71. The second-order valence-corrected chi connectivity index (χ2v) is 8.23. The highest BCUT2D eigenvalue weighted by Gasteiger charge is 2.54. The maximum Gasteiger partial charge on any atom is 0.233 e. The monoisotopic (exact) mass is 434 g/mol. The predicted molar refractivity (Wildman–Crippen MR) is 111 cm³/mol. The van der Waals surface area contributed by atoms with E-state index in [1.165, 1.54) is 5.56 Å². The van der Waals surface area contributed by atoms with Crippen molar-refractivity contribution in [2.75, 3.05) is 19.6 Å². The standard InChI is InChI=1S/C21H23BrN2O.ClH/c22-18-8-6-17(7-9-18)21(10-11-21)20(25)24-13-16(12-23)19(14-24)15-4-2-1-3-5-15;/h1-9,16,19H,10-14,23H2;1H/t16-,19+;/m1./s1. The molecular weight excluding hydrogens is 412 g/mol. The van der Waals surface area contributed by atoms with Crippen LogP contribution in [-0.2, 0) is 10.2 Å². The SMILES string of the molecule is Cl.NC[C@@H]1CN(C(=O)C2(c3ccc(Br)cc3)CC2)C[C@H]1c1ccccc1. The van der Waals surface area contributed by atoms with Gasteiger partial charge in [-0.05, 0) is 48.6 Å². The molecular formula is C21H24BrClN2O. The minimum Gasteiger partial charge on any atom is -0.341 e. The Morgan fingerprint density at radius 2 is 1.73 bits per heavy atom. The van der Waals surface area contributed by atoms with E-state index in [4.69, 9.17) is 5.73 Å². The molecule has 2 fully saturated rings. The lowest BCUT2D eigenvalue weighted by Crippen LogP contribution is -2.38. The molecule has 5 heteroatoms. The average molecular weight is 436 g/mol. The fourth-order valence-electron chi connectivity index (χ4n) is 4.18. The van der Waals surface area contributed by atoms with Crippen LogP contribution < -0.4 is 5.73 Å². The fourth-order valence-corrected chi connectivity index (χ4v) is 4.44. The molecule has 1 amide bonds. The Hall–Kier alpha value is -1.36. The van der Waals surface area contributed by atoms with Crippen molar-refractivity contribution in [3.8, 4) is 0 Å². The van der Waals surface area contributed by atoms with Gasteiger partial charge in [-0.25, -0.2) is 0 Å². The largest absolute Gasteiger partial charge is 0.341 e. The van der Waals surface area contributed by atoms with E-state index >= 15 is 0 Å². The van der Waals surface area contributed by atoms with Gasteiger partial charge in [0, 0.05) is 23.5 Å². The lowest BCUT2D eigenvalue weighted by molar-refractivity contribution is -0.133. The van der Waals surface area contributed by atoms with Gasteiger partial charge >= 0.3 is 0 Å². The van der Waals surface area contributed by atoms with Crippen molar-refractivity contribution in [3.63, 3.8) is 0 Å². The maximum atomic E-state index is 13.3. The summed E-state index contributed by atoms with van der Waals surface area (Å²) in [7, 11) is 0. The maximum absolute atomic E-state index is 13.3. The van der Waals surface area contributed by atoms with Crippen molar-refractivity contribution in [2.45, 2.75) is 24.2 Å². The summed E-state index contributed by atoms with van der Waals surface area (Å²) in [5, 5.41) is 0. The normalized spacial score (nSPS) is 23.4. The zero-order valence-corrected chi connectivity index (χ0v) is 17.0. The van der Waals surface area contributed by atoms with Crippen molar-refractivity contribution < 1.29 is 4.79 Å². The Morgan fingerprint density at radius 3 is 2.31 bits per heavy atom. The molecule has 0 bridgehead atoms. The molecule has 0 aromatic heterocycles. The molecule has 2 aliphatic rings. The number of rotatable bonds is 4. The van der Waals surface area contributed by atoms with Gasteiger partial charge in [0.25, 0.3) is 0 Å². The third kappa shape index (κ3) is 3.42. The van der Waals surface area contributed by atoms with Crippen LogP contribution in [0.4, 0.5) is 0 Å². The number of amides is 1. The summed E-state index contributed by atoms with van der Waals surface area (Å²) in [6.07, 6.45) is 1.90. The van der Waals surface area contributed by atoms with Crippen molar-refractivity contribution in [1.82, 2.24) is 4.90 Å². The third-order valence-electron chi connectivity index (χ3n) is 5.81. The van der Waals surface area contributed by atoms with Crippen LogP contribution in [0.5, 0.6) is 0 Å². The fraction of sp³-hybridized carbons (Fsp3) is 0.381. The number of carbonyl (C=O) groups excluding carboxylic acids is 1. The van der Waals surface area contributed by atoms with E-state index in [9.17, 15) is 4.79 Å². The average Bonchev–Trinajstić information content (AvgIpc) is 3.34. The van der Waals surface area contributed by atoms with Crippen molar-refractivity contribution in [1.29, 1.82) is 0 Å². The number of halogens is 2. The number of nitrogens with zero attached hydrogens (tertiary/aromatic N) is 1. The molecule has 26 heavy (non-hydrogen) atoms. The summed E-state index contributed by atoms with van der Waals surface area (Å²) < 4.78 is 1.05. The first kappa shape index (κ1) is 19.4. The predicted octanol–water partition coefficient (Wildman–Crippen LogP) is 4.10. The minimum absolute atomic E-state index is 0. The second-order valence-electron chi connectivity index (χ2n) is 7.31. The Kier molecular flexibility index (Phi) is 5.75. The summed E-state index contributed by atoms with van der Waals surface area (Å²) in [6, 6.07) is 18.7. The number of benzene rings is 2. The first-order chi connectivity index (χ1) is 12.1. The molecule has 1 saturated carbocycles. The minimum atomic E-state index is -0.300. The summed E-state index contributed by atoms with van der Waals surface area (Å²) >= 11 is 3.48. The molecule has 1 aliphatic carbocycles. The van der Waals surface area contributed by atoms with Crippen LogP contribution >= 0.6 is 28.3 Å². The summed E-state index contributed by atoms with van der Waals surface area (Å²) in [5.41, 5.74) is 8.17. The Bertz CT molecular complexity index is 761. The van der Waals surface area contributed by atoms with Crippen LogP contribution in [0.15, 0.2) is 59.1 Å². The lowest BCUT2D eigenvalue weighted by Gasteiger charge is -2.24. The van der Waals surface area contributed by atoms with Gasteiger partial charge in [-0.1, -0.05) is 58.4 Å². The van der Waals surface area contributed by atoms with Crippen LogP contribution in [-0.4, -0.2) is 30.4 Å². The molecule has 0 spiro atoms. The number of hydrogen-bond acceptors (Lipinski definition) is 2. The van der Waals surface area contributed by atoms with E-state index in [1.807, 2.05) is 18.2 Å². The summed E-state index contributed by atoms with van der Waals surface area (Å²) in [4.78, 5) is 15.4. The first-order valence-corrected chi connectivity index (χ1v) is 9.74. The topological polar surface area (TPSA) is 46.3 Å². The van der Waals surface area contributed by atoms with E-state index in [0.717, 1.165) is 36.0 Å². The molecule has 2 N–H and O–H groups in total. The molecule has 0 unspecified atom stereocenters. The van der Waals surface area contributed by atoms with E-state index in [-0.39, 0.29) is 23.7 Å². The molecule has 2 atom stereocenters. The van der Waals surface area contributed by atoms with Gasteiger partial charge in [-0.15, -0.1) is 12.4 Å². The lowest BCUT2D eigenvalue weighted by atomic mass is 9.89. The van der Waals surface area contributed by atoms with Crippen LogP contribution in [0.2, 0.25) is 0 Å². The Morgan fingerprint density at radius 1 is 1.08 bits per heavy atom. The summed E-state index contributed by atoms with van der Waals surface area (Å²) in [6.45, 7) is 2.17. The molecule has 0 radical (unpaired) electrons. The highest BCUT2D eigenvalue weighted by atomic mass is 79.9. The number of nitrogens with two attached hydrogens (primary N) is 1. The van der Waals surface area contributed by atoms with Gasteiger partial charge in [0.15, 0.2) is 0 Å². The van der Waals surface area contributed by atoms with Crippen molar-refractivity contribution in [3.05, 3.63) is 70.2 Å². The van der Waals surface area contributed by atoms with Gasteiger partial charge in [0.2, 0.25) is 5.91 Å². The van der Waals surface area contributed by atoms with E-state index in [1.54, 1.807) is 0 Å². The van der Waals surface area contributed by atoms with Gasteiger partial charge in [-0.3, -0.25) is 4.79 Å². The quantitative estimate of drug-likeness (QED) is 0.786. The molecule has 1 saturated heterocycles. The Labute approximate surface area is 169 Å². The van der Waals surface area contributed by atoms with Crippen LogP contribution in [0.25, 0.3) is 0 Å². The van der Waals surface area contributed by atoms with Crippen LogP contribution in [0.3, 0.4) is 0 Å². The van der Waals surface area contributed by atoms with Gasteiger partial charge in [0.05, 0.1) is 5.41 Å². The zero-order valence-electron chi connectivity index (χ0n) is 14.6. The number of carbonyl (C=O) groups is 1. The van der Waals surface area contributed by atoms with Gasteiger partial charge < -0.3 is 10.6 Å². The Balaban J connectivity index is 0.00000196. The number of likely N-dealkylation sites (tertiary alicyclic amines) is 1. The van der Waals surface area contributed by atoms with Crippen LogP contribution in [0.1, 0.15) is 29.9 Å². The number of hydrogen-bond donors (Lipinski definition) is 1. The first-order valence-electron chi connectivity index (χ1n) is 8.94. The molecule has 2 aromatic rings. The van der Waals surface area contributed by atoms with Crippen molar-refractivity contribution >= 4 is 34.2 Å². The molecule has 1 heterocycles. The highest BCUT2D eigenvalue weighted by Crippen LogP contribution is 2.51. The molecule has 4 rings (SSSR count). The van der Waals surface area contributed by atoms with E-state index in [2.05, 4.69) is 57.2 Å². The smallest absolute Gasteiger partial charge is 0.233 e.